The summed E-state index contributed by atoms with van der Waals surface area (Å²) in [5.41, 5.74) is 9.12. The second-order valence-corrected chi connectivity index (χ2v) is 9.38. The van der Waals surface area contributed by atoms with E-state index in [0.29, 0.717) is 0 Å². The summed E-state index contributed by atoms with van der Waals surface area (Å²) in [6.45, 7) is 4.39. The lowest BCUT2D eigenvalue weighted by Crippen LogP contribution is -1.96. The topological polar surface area (TPSA) is 18.1 Å². The number of hydrogen-bond acceptors (Lipinski definition) is 1. The molecule has 33 heavy (non-hydrogen) atoms. The van der Waals surface area contributed by atoms with E-state index in [1.807, 2.05) is 12.1 Å². The van der Waals surface area contributed by atoms with Crippen molar-refractivity contribution in [2.75, 3.05) is 0 Å². The summed E-state index contributed by atoms with van der Waals surface area (Å²) in [6.07, 6.45) is 2.31. The van der Waals surface area contributed by atoms with Gasteiger partial charge in [0.1, 0.15) is 11.2 Å². The predicted octanol–water partition coefficient (Wildman–Crippen LogP) is 9.16. The SMILES string of the molecule is C/C(=C\c1c(C)n(-c2ccc3oc4ccc(Br)cc4c3c2)c2ccccc12)c1ccccc1. The number of aromatic nitrogens is 1. The summed E-state index contributed by atoms with van der Waals surface area (Å²) < 4.78 is 9.49. The minimum absolute atomic E-state index is 0.904. The number of halogens is 1. The Balaban J connectivity index is 1.59. The molecule has 0 atom stereocenters. The Bertz CT molecular complexity index is 1690. The predicted molar refractivity (Wildman–Crippen MR) is 143 cm³/mol. The Labute approximate surface area is 200 Å². The normalized spacial score (nSPS) is 12.3. The molecule has 0 unspecified atom stereocenters. The molecule has 160 valence electrons. The maximum atomic E-state index is 6.08. The van der Waals surface area contributed by atoms with Gasteiger partial charge in [0.2, 0.25) is 0 Å². The van der Waals surface area contributed by atoms with Gasteiger partial charge in [0, 0.05) is 37.6 Å². The number of benzene rings is 4. The zero-order valence-electron chi connectivity index (χ0n) is 18.5. The van der Waals surface area contributed by atoms with Gasteiger partial charge < -0.3 is 8.98 Å². The van der Waals surface area contributed by atoms with Crippen LogP contribution in [0.1, 0.15) is 23.7 Å². The Morgan fingerprint density at radius 2 is 1.48 bits per heavy atom. The summed E-state index contributed by atoms with van der Waals surface area (Å²) in [6, 6.07) is 31.8. The van der Waals surface area contributed by atoms with Crippen molar-refractivity contribution < 1.29 is 4.42 Å². The Kier molecular flexibility index (Phi) is 4.74. The second kappa shape index (κ2) is 7.79. The number of nitrogens with zero attached hydrogens (tertiary/aromatic N) is 1. The van der Waals surface area contributed by atoms with Crippen molar-refractivity contribution in [1.29, 1.82) is 0 Å². The standard InChI is InChI=1S/C30H22BrNO/c1-19(21-8-4-3-5-9-21)16-25-20(2)32(28-11-7-6-10-24(25)28)23-13-15-30-27(18-23)26-17-22(31)12-14-29(26)33-30/h3-18H,1-2H3/b19-16+. The monoisotopic (exact) mass is 491 g/mol. The second-order valence-electron chi connectivity index (χ2n) is 8.47. The highest BCUT2D eigenvalue weighted by Crippen LogP contribution is 2.36. The van der Waals surface area contributed by atoms with Gasteiger partial charge >= 0.3 is 0 Å². The summed E-state index contributed by atoms with van der Waals surface area (Å²) in [7, 11) is 0. The summed E-state index contributed by atoms with van der Waals surface area (Å²) in [5.74, 6) is 0. The third-order valence-corrected chi connectivity index (χ3v) is 6.92. The van der Waals surface area contributed by atoms with Crippen LogP contribution >= 0.6 is 15.9 Å². The lowest BCUT2D eigenvalue weighted by molar-refractivity contribution is 0.669. The van der Waals surface area contributed by atoms with E-state index >= 15 is 0 Å². The van der Waals surface area contributed by atoms with Gasteiger partial charge in [-0.3, -0.25) is 0 Å². The van der Waals surface area contributed by atoms with Gasteiger partial charge in [0.05, 0.1) is 5.52 Å². The summed E-state index contributed by atoms with van der Waals surface area (Å²) >= 11 is 3.60. The van der Waals surface area contributed by atoms with Crippen molar-refractivity contribution in [2.45, 2.75) is 13.8 Å². The first-order chi connectivity index (χ1) is 16.1. The molecule has 0 aliphatic carbocycles. The molecule has 0 N–H and O–H groups in total. The molecule has 3 heteroatoms. The Morgan fingerprint density at radius 1 is 0.788 bits per heavy atom. The van der Waals surface area contributed by atoms with E-state index < -0.39 is 0 Å². The first-order valence-electron chi connectivity index (χ1n) is 11.1. The zero-order valence-corrected chi connectivity index (χ0v) is 20.1. The first-order valence-corrected chi connectivity index (χ1v) is 11.9. The van der Waals surface area contributed by atoms with Crippen molar-refractivity contribution in [3.05, 3.63) is 112 Å². The Morgan fingerprint density at radius 3 is 2.30 bits per heavy atom. The molecule has 4 aromatic carbocycles. The van der Waals surface area contributed by atoms with E-state index in [4.69, 9.17) is 4.42 Å². The highest BCUT2D eigenvalue weighted by Gasteiger charge is 2.16. The van der Waals surface area contributed by atoms with Gasteiger partial charge in [-0.05, 0) is 73.5 Å². The molecule has 0 fully saturated rings. The van der Waals surface area contributed by atoms with Crippen LogP contribution < -0.4 is 0 Å². The van der Waals surface area contributed by atoms with Crippen LogP contribution in [0.2, 0.25) is 0 Å². The van der Waals surface area contributed by atoms with Gasteiger partial charge in [-0.2, -0.15) is 0 Å². The smallest absolute Gasteiger partial charge is 0.135 e. The van der Waals surface area contributed by atoms with Crippen LogP contribution in [0.5, 0.6) is 0 Å². The van der Waals surface area contributed by atoms with E-state index in [1.165, 1.54) is 33.3 Å². The van der Waals surface area contributed by atoms with Crippen LogP contribution in [0.25, 0.3) is 50.2 Å². The number of fused-ring (bicyclic) bond motifs is 4. The molecule has 2 heterocycles. The van der Waals surface area contributed by atoms with Crippen LogP contribution in [0.3, 0.4) is 0 Å². The third kappa shape index (κ3) is 3.32. The maximum absolute atomic E-state index is 6.08. The number of rotatable bonds is 3. The van der Waals surface area contributed by atoms with Crippen LogP contribution in [0, 0.1) is 6.92 Å². The lowest BCUT2D eigenvalue weighted by atomic mass is 10.0. The number of para-hydroxylation sites is 1. The molecule has 0 saturated carbocycles. The molecule has 0 radical (unpaired) electrons. The van der Waals surface area contributed by atoms with Crippen molar-refractivity contribution in [3.63, 3.8) is 0 Å². The quantitative estimate of drug-likeness (QED) is 0.241. The molecule has 2 aromatic heterocycles. The molecule has 0 saturated heterocycles. The van der Waals surface area contributed by atoms with Crippen molar-refractivity contribution in [1.82, 2.24) is 4.57 Å². The molecule has 0 spiro atoms. The van der Waals surface area contributed by atoms with E-state index in [2.05, 4.69) is 119 Å². The molecule has 0 amide bonds. The maximum Gasteiger partial charge on any atom is 0.135 e. The molecule has 0 bridgehead atoms. The largest absolute Gasteiger partial charge is 0.456 e. The van der Waals surface area contributed by atoms with Gasteiger partial charge in [-0.1, -0.05) is 64.5 Å². The van der Waals surface area contributed by atoms with E-state index in [9.17, 15) is 0 Å². The molecule has 6 rings (SSSR count). The van der Waals surface area contributed by atoms with Crippen LogP contribution in [0.4, 0.5) is 0 Å². The van der Waals surface area contributed by atoms with E-state index in [0.717, 1.165) is 32.1 Å². The van der Waals surface area contributed by atoms with E-state index in [-0.39, 0.29) is 0 Å². The lowest BCUT2D eigenvalue weighted by Gasteiger charge is -2.09. The average Bonchev–Trinajstić information content (AvgIpc) is 3.34. The van der Waals surface area contributed by atoms with Gasteiger partial charge in [0.15, 0.2) is 0 Å². The number of furan rings is 1. The fraction of sp³-hybridized carbons (Fsp3) is 0.0667. The summed E-state index contributed by atoms with van der Waals surface area (Å²) in [5, 5.41) is 3.50. The first kappa shape index (κ1) is 20.1. The molecular formula is C30H22BrNO. The van der Waals surface area contributed by atoms with Crippen LogP contribution in [-0.2, 0) is 0 Å². The minimum Gasteiger partial charge on any atom is -0.456 e. The Hall–Kier alpha value is -3.56. The van der Waals surface area contributed by atoms with Crippen molar-refractivity contribution >= 4 is 60.4 Å². The molecule has 0 aliphatic rings. The van der Waals surface area contributed by atoms with Crippen LogP contribution in [-0.4, -0.2) is 4.57 Å². The molecular weight excluding hydrogens is 470 g/mol. The van der Waals surface area contributed by atoms with E-state index in [1.54, 1.807) is 0 Å². The highest BCUT2D eigenvalue weighted by molar-refractivity contribution is 9.10. The molecule has 6 aromatic rings. The summed E-state index contributed by atoms with van der Waals surface area (Å²) in [4.78, 5) is 0. The number of hydrogen-bond donors (Lipinski definition) is 0. The molecule has 0 aliphatic heterocycles. The van der Waals surface area contributed by atoms with Gasteiger partial charge in [-0.15, -0.1) is 0 Å². The minimum atomic E-state index is 0.904. The number of allylic oxidation sites excluding steroid dienone is 1. The van der Waals surface area contributed by atoms with Crippen molar-refractivity contribution in [2.24, 2.45) is 0 Å². The zero-order chi connectivity index (χ0) is 22.5. The van der Waals surface area contributed by atoms with Gasteiger partial charge in [-0.25, -0.2) is 0 Å². The fourth-order valence-electron chi connectivity index (χ4n) is 4.78. The van der Waals surface area contributed by atoms with Crippen LogP contribution in [0.15, 0.2) is 99.9 Å². The average molecular weight is 492 g/mol. The molecule has 2 nitrogen and oxygen atoms in total. The fourth-order valence-corrected chi connectivity index (χ4v) is 5.15. The highest BCUT2D eigenvalue weighted by atomic mass is 79.9. The van der Waals surface area contributed by atoms with Gasteiger partial charge in [0.25, 0.3) is 0 Å². The van der Waals surface area contributed by atoms with Crippen molar-refractivity contribution in [3.8, 4) is 5.69 Å². The third-order valence-electron chi connectivity index (χ3n) is 6.42.